The average Bonchev–Trinajstić information content (AvgIpc) is 2.87. The second-order valence-corrected chi connectivity index (χ2v) is 7.38. The van der Waals surface area contributed by atoms with Gasteiger partial charge in [-0.05, 0) is 52.3 Å². The molecule has 0 unspecified atom stereocenters. The van der Waals surface area contributed by atoms with Crippen molar-refractivity contribution in [1.29, 1.82) is 0 Å². The molecule has 0 aliphatic carbocycles. The van der Waals surface area contributed by atoms with Gasteiger partial charge >= 0.3 is 0 Å². The number of aliphatic imine (C=N–C) groups is 1. The average molecular weight is 504 g/mol. The molecule has 1 aromatic rings. The number of halogens is 1. The second kappa shape index (κ2) is 13.1. The molecule has 0 aromatic heterocycles. The number of hydrogen-bond acceptors (Lipinski definition) is 4. The fraction of sp³-hybridized carbons (Fsp3) is 0.667. The maximum Gasteiger partial charge on any atom is 0.191 e. The molecule has 1 heterocycles. The van der Waals surface area contributed by atoms with E-state index in [0.717, 1.165) is 49.1 Å². The maximum absolute atomic E-state index is 5.77. The Morgan fingerprint density at radius 3 is 2.39 bits per heavy atom. The minimum Gasteiger partial charge on any atom is -0.490 e. The minimum absolute atomic E-state index is 0. The molecule has 1 aromatic carbocycles. The number of hydrogen-bond donors (Lipinski definition) is 2. The van der Waals surface area contributed by atoms with Crippen LogP contribution in [0.4, 0.5) is 0 Å². The second-order valence-electron chi connectivity index (χ2n) is 7.38. The van der Waals surface area contributed by atoms with E-state index in [-0.39, 0.29) is 24.0 Å². The SMILES string of the molecule is CCNC(=NCc1ccc2c(c1)OCCCO2)NCCN(C(C)C)C(C)C.I. The molecule has 6 nitrogen and oxygen atoms in total. The molecular weight excluding hydrogens is 467 g/mol. The summed E-state index contributed by atoms with van der Waals surface area (Å²) in [7, 11) is 0. The van der Waals surface area contributed by atoms with Crippen LogP contribution in [0, 0.1) is 0 Å². The lowest BCUT2D eigenvalue weighted by Crippen LogP contribution is -2.45. The first-order valence-corrected chi connectivity index (χ1v) is 10.2. The number of benzene rings is 1. The summed E-state index contributed by atoms with van der Waals surface area (Å²) in [4.78, 5) is 7.19. The first-order chi connectivity index (χ1) is 13.0. The van der Waals surface area contributed by atoms with Crippen LogP contribution in [0.3, 0.4) is 0 Å². The fourth-order valence-corrected chi connectivity index (χ4v) is 3.23. The van der Waals surface area contributed by atoms with Gasteiger partial charge in [-0.1, -0.05) is 6.07 Å². The van der Waals surface area contributed by atoms with Crippen LogP contribution in [-0.2, 0) is 6.54 Å². The predicted molar refractivity (Wildman–Crippen MR) is 127 cm³/mol. The molecule has 0 atom stereocenters. The van der Waals surface area contributed by atoms with Crippen molar-refractivity contribution in [3.63, 3.8) is 0 Å². The molecule has 160 valence electrons. The minimum atomic E-state index is 0. The summed E-state index contributed by atoms with van der Waals surface area (Å²) in [6, 6.07) is 7.14. The standard InChI is InChI=1S/C21H36N4O2.HI/c1-6-22-21(23-10-11-25(16(2)3)17(4)5)24-15-18-8-9-19-20(14-18)27-13-7-12-26-19;/h8-9,14,16-17H,6-7,10-13,15H2,1-5H3,(H2,22,23,24);1H. The highest BCUT2D eigenvalue weighted by Gasteiger charge is 2.13. The largest absolute Gasteiger partial charge is 0.490 e. The Bertz CT molecular complexity index is 600. The van der Waals surface area contributed by atoms with Crippen molar-refractivity contribution >= 4 is 29.9 Å². The molecule has 0 fully saturated rings. The van der Waals surface area contributed by atoms with E-state index in [1.165, 1.54) is 0 Å². The van der Waals surface area contributed by atoms with Gasteiger partial charge in [-0.15, -0.1) is 24.0 Å². The monoisotopic (exact) mass is 504 g/mol. The van der Waals surface area contributed by atoms with Gasteiger partial charge in [-0.3, -0.25) is 4.90 Å². The molecule has 1 aliphatic heterocycles. The van der Waals surface area contributed by atoms with Gasteiger partial charge in [-0.2, -0.15) is 0 Å². The number of nitrogens with zero attached hydrogens (tertiary/aromatic N) is 2. The predicted octanol–water partition coefficient (Wildman–Crippen LogP) is 3.64. The molecular formula is C21H37IN4O2. The quantitative estimate of drug-likeness (QED) is 0.322. The first-order valence-electron chi connectivity index (χ1n) is 10.2. The van der Waals surface area contributed by atoms with Crippen molar-refractivity contribution < 1.29 is 9.47 Å². The van der Waals surface area contributed by atoms with Crippen LogP contribution < -0.4 is 20.1 Å². The highest BCUT2D eigenvalue weighted by Crippen LogP contribution is 2.30. The number of ether oxygens (including phenoxy) is 2. The van der Waals surface area contributed by atoms with Crippen molar-refractivity contribution in [1.82, 2.24) is 15.5 Å². The lowest BCUT2D eigenvalue weighted by atomic mass is 10.2. The third-order valence-electron chi connectivity index (χ3n) is 4.56. The van der Waals surface area contributed by atoms with Crippen LogP contribution in [0.5, 0.6) is 11.5 Å². The molecule has 0 radical (unpaired) electrons. The lowest BCUT2D eigenvalue weighted by Gasteiger charge is -2.30. The molecule has 7 heteroatoms. The summed E-state index contributed by atoms with van der Waals surface area (Å²) >= 11 is 0. The molecule has 0 saturated carbocycles. The fourth-order valence-electron chi connectivity index (χ4n) is 3.23. The van der Waals surface area contributed by atoms with Gasteiger partial charge in [-0.25, -0.2) is 4.99 Å². The van der Waals surface area contributed by atoms with Gasteiger partial charge in [0.2, 0.25) is 0 Å². The van der Waals surface area contributed by atoms with E-state index in [1.807, 2.05) is 12.1 Å². The number of nitrogens with one attached hydrogen (secondary N) is 2. The Labute approximate surface area is 187 Å². The normalized spacial score (nSPS) is 14.1. The van der Waals surface area contributed by atoms with Crippen molar-refractivity contribution in [2.24, 2.45) is 4.99 Å². The van der Waals surface area contributed by atoms with Gasteiger partial charge in [0.1, 0.15) is 0 Å². The van der Waals surface area contributed by atoms with Crippen molar-refractivity contribution in [2.75, 3.05) is 32.8 Å². The number of guanidine groups is 1. The van der Waals surface area contributed by atoms with E-state index in [1.54, 1.807) is 0 Å². The topological polar surface area (TPSA) is 58.1 Å². The van der Waals surface area contributed by atoms with Crippen LogP contribution in [0.15, 0.2) is 23.2 Å². The third-order valence-corrected chi connectivity index (χ3v) is 4.56. The van der Waals surface area contributed by atoms with Crippen LogP contribution in [0.2, 0.25) is 0 Å². The van der Waals surface area contributed by atoms with Gasteiger partial charge in [0.25, 0.3) is 0 Å². The number of fused-ring (bicyclic) bond motifs is 1. The van der Waals surface area contributed by atoms with Gasteiger partial charge < -0.3 is 20.1 Å². The molecule has 2 N–H and O–H groups in total. The highest BCUT2D eigenvalue weighted by atomic mass is 127. The van der Waals surface area contributed by atoms with Gasteiger partial charge in [0.05, 0.1) is 19.8 Å². The molecule has 0 saturated heterocycles. The Kier molecular flexibility index (Phi) is 11.6. The van der Waals surface area contributed by atoms with Crippen LogP contribution in [0.25, 0.3) is 0 Å². The Morgan fingerprint density at radius 1 is 1.07 bits per heavy atom. The molecule has 2 rings (SSSR count). The van der Waals surface area contributed by atoms with Crippen LogP contribution >= 0.6 is 24.0 Å². The van der Waals surface area contributed by atoms with Crippen LogP contribution in [0.1, 0.15) is 46.6 Å². The molecule has 0 bridgehead atoms. The zero-order valence-electron chi connectivity index (χ0n) is 18.0. The summed E-state index contributed by atoms with van der Waals surface area (Å²) in [5.74, 6) is 2.49. The van der Waals surface area contributed by atoms with Gasteiger partial charge in [0.15, 0.2) is 17.5 Å². The van der Waals surface area contributed by atoms with E-state index >= 15 is 0 Å². The van der Waals surface area contributed by atoms with E-state index in [4.69, 9.17) is 14.5 Å². The Balaban J connectivity index is 0.00000392. The van der Waals surface area contributed by atoms with Gasteiger partial charge in [0, 0.05) is 38.1 Å². The van der Waals surface area contributed by atoms with Crippen molar-refractivity contribution in [3.05, 3.63) is 23.8 Å². The Hall–Kier alpha value is -1.22. The molecule has 0 amide bonds. The Morgan fingerprint density at radius 2 is 1.75 bits per heavy atom. The van der Waals surface area contributed by atoms with Crippen molar-refractivity contribution in [3.8, 4) is 11.5 Å². The maximum atomic E-state index is 5.77. The zero-order chi connectivity index (χ0) is 19.6. The molecule has 1 aliphatic rings. The van der Waals surface area contributed by atoms with Crippen molar-refractivity contribution in [2.45, 2.75) is 59.7 Å². The van der Waals surface area contributed by atoms with E-state index < -0.39 is 0 Å². The highest BCUT2D eigenvalue weighted by molar-refractivity contribution is 14.0. The lowest BCUT2D eigenvalue weighted by molar-refractivity contribution is 0.178. The van der Waals surface area contributed by atoms with E-state index in [2.05, 4.69) is 56.2 Å². The zero-order valence-corrected chi connectivity index (χ0v) is 20.3. The summed E-state index contributed by atoms with van der Waals surface area (Å²) in [5, 5.41) is 6.77. The molecule has 28 heavy (non-hydrogen) atoms. The summed E-state index contributed by atoms with van der Waals surface area (Å²) < 4.78 is 11.5. The summed E-state index contributed by atoms with van der Waals surface area (Å²) in [6.07, 6.45) is 0.917. The smallest absolute Gasteiger partial charge is 0.191 e. The van der Waals surface area contributed by atoms with E-state index in [9.17, 15) is 0 Å². The van der Waals surface area contributed by atoms with E-state index in [0.29, 0.717) is 31.8 Å². The third kappa shape index (κ3) is 8.03. The molecule has 0 spiro atoms. The summed E-state index contributed by atoms with van der Waals surface area (Å²) in [6.45, 7) is 15.7. The first kappa shape index (κ1) is 24.8. The number of rotatable bonds is 8. The van der Waals surface area contributed by atoms with Crippen LogP contribution in [-0.4, -0.2) is 55.8 Å². The summed E-state index contributed by atoms with van der Waals surface area (Å²) in [5.41, 5.74) is 1.11.